The number of aryl methyl sites for hydroxylation is 1. The van der Waals surface area contributed by atoms with Crippen molar-refractivity contribution in [1.29, 1.82) is 0 Å². The Hall–Kier alpha value is -2.21. The molecule has 3 rings (SSSR count). The Morgan fingerprint density at radius 2 is 1.92 bits per heavy atom. The largest absolute Gasteiger partial charge is 0.319 e. The third kappa shape index (κ3) is 4.12. The van der Waals surface area contributed by atoms with E-state index in [-0.39, 0.29) is 22.6 Å². The minimum absolute atomic E-state index is 0.00834. The van der Waals surface area contributed by atoms with Crippen LogP contribution in [0, 0.1) is 0 Å². The van der Waals surface area contributed by atoms with E-state index in [1.54, 1.807) is 28.4 Å². The Balaban J connectivity index is 1.78. The monoisotopic (exact) mass is 356 g/mol. The fourth-order valence-corrected chi connectivity index (χ4v) is 3.41. The van der Waals surface area contributed by atoms with Gasteiger partial charge >= 0.3 is 0 Å². The first-order chi connectivity index (χ1) is 12.2. The average Bonchev–Trinajstić information content (AvgIpc) is 2.99. The molecule has 0 saturated carbocycles. The highest BCUT2D eigenvalue weighted by molar-refractivity contribution is 5.12. The van der Waals surface area contributed by atoms with Crippen molar-refractivity contribution in [2.75, 3.05) is 6.54 Å². The van der Waals surface area contributed by atoms with Gasteiger partial charge in [-0.3, -0.25) is 14.5 Å². The Kier molecular flexibility index (Phi) is 5.14. The van der Waals surface area contributed by atoms with Gasteiger partial charge in [-0.25, -0.2) is 4.68 Å². The molecule has 1 unspecified atom stereocenters. The summed E-state index contributed by atoms with van der Waals surface area (Å²) in [7, 11) is 1.76. The highest BCUT2D eigenvalue weighted by atomic mass is 16.1. The van der Waals surface area contributed by atoms with Gasteiger partial charge in [0.25, 0.3) is 11.1 Å². The van der Waals surface area contributed by atoms with E-state index in [0.717, 1.165) is 37.2 Å². The molecule has 0 aliphatic carbocycles. The summed E-state index contributed by atoms with van der Waals surface area (Å²) < 4.78 is 3.18. The fraction of sp³-hybridized carbons (Fsp3) is 0.550. The summed E-state index contributed by atoms with van der Waals surface area (Å²) in [6, 6.07) is 7.39. The summed E-state index contributed by atoms with van der Waals surface area (Å²) in [5.74, 6) is 0. The first kappa shape index (κ1) is 18.6. The molecule has 0 bridgehead atoms. The van der Waals surface area contributed by atoms with Crippen LogP contribution in [0.5, 0.6) is 0 Å². The van der Waals surface area contributed by atoms with E-state index < -0.39 is 0 Å². The van der Waals surface area contributed by atoms with Gasteiger partial charge in [0.1, 0.15) is 0 Å². The van der Waals surface area contributed by atoms with Crippen LogP contribution in [0.4, 0.5) is 0 Å². The topological polar surface area (TPSA) is 60.1 Å². The number of hydrogen-bond donors (Lipinski definition) is 0. The molecule has 0 amide bonds. The second-order valence-electron chi connectivity index (χ2n) is 8.24. The summed E-state index contributed by atoms with van der Waals surface area (Å²) in [6.07, 6.45) is 3.95. The van der Waals surface area contributed by atoms with E-state index >= 15 is 0 Å². The first-order valence-corrected chi connectivity index (χ1v) is 9.22. The number of hydrogen-bond acceptors (Lipinski definition) is 4. The smallest absolute Gasteiger partial charge is 0.266 e. The molecule has 6 heteroatoms. The van der Waals surface area contributed by atoms with E-state index in [1.807, 2.05) is 18.3 Å². The molecule has 140 valence electrons. The number of nitrogens with zero attached hydrogens (tertiary/aromatic N) is 4. The van der Waals surface area contributed by atoms with E-state index in [0.29, 0.717) is 6.54 Å². The van der Waals surface area contributed by atoms with Crippen molar-refractivity contribution in [3.8, 4) is 0 Å². The molecule has 1 fully saturated rings. The SMILES string of the molecule is Cn1ccc(CN2CCCC2Cn2nc(C(C)(C)C)ccc2=O)cc1=O. The first-order valence-electron chi connectivity index (χ1n) is 9.22. The highest BCUT2D eigenvalue weighted by Gasteiger charge is 2.26. The second-order valence-corrected chi connectivity index (χ2v) is 8.24. The molecule has 1 aliphatic heterocycles. The van der Waals surface area contributed by atoms with Crippen molar-refractivity contribution in [2.45, 2.75) is 58.2 Å². The third-order valence-electron chi connectivity index (χ3n) is 5.07. The van der Waals surface area contributed by atoms with Gasteiger partial charge in [0.15, 0.2) is 0 Å². The lowest BCUT2D eigenvalue weighted by molar-refractivity contribution is 0.215. The van der Waals surface area contributed by atoms with Crippen LogP contribution in [-0.4, -0.2) is 31.8 Å². The second kappa shape index (κ2) is 7.19. The molecule has 2 aromatic rings. The zero-order valence-corrected chi connectivity index (χ0v) is 16.1. The molecule has 0 N–H and O–H groups in total. The molecule has 1 atom stereocenters. The maximum Gasteiger partial charge on any atom is 0.266 e. The molecule has 0 aromatic carbocycles. The highest BCUT2D eigenvalue weighted by Crippen LogP contribution is 2.22. The summed E-state index contributed by atoms with van der Waals surface area (Å²) in [5.41, 5.74) is 1.80. The molecular weight excluding hydrogens is 328 g/mol. The minimum atomic E-state index is -0.0884. The van der Waals surface area contributed by atoms with Crippen molar-refractivity contribution >= 4 is 0 Å². The van der Waals surface area contributed by atoms with Crippen molar-refractivity contribution < 1.29 is 0 Å². The van der Waals surface area contributed by atoms with Gasteiger partial charge in [-0.05, 0) is 37.1 Å². The van der Waals surface area contributed by atoms with Gasteiger partial charge in [-0.1, -0.05) is 20.8 Å². The zero-order chi connectivity index (χ0) is 18.9. The Labute approximate surface area is 154 Å². The molecule has 6 nitrogen and oxygen atoms in total. The van der Waals surface area contributed by atoms with Gasteiger partial charge < -0.3 is 4.57 Å². The molecule has 26 heavy (non-hydrogen) atoms. The normalized spacial score (nSPS) is 18.4. The van der Waals surface area contributed by atoms with Crippen LogP contribution in [0.1, 0.15) is 44.9 Å². The lowest BCUT2D eigenvalue weighted by atomic mass is 9.92. The van der Waals surface area contributed by atoms with Crippen LogP contribution in [-0.2, 0) is 25.6 Å². The molecule has 0 radical (unpaired) electrons. The predicted molar refractivity (Wildman–Crippen MR) is 102 cm³/mol. The maximum atomic E-state index is 12.3. The van der Waals surface area contributed by atoms with Crippen LogP contribution < -0.4 is 11.1 Å². The van der Waals surface area contributed by atoms with Crippen LogP contribution in [0.2, 0.25) is 0 Å². The van der Waals surface area contributed by atoms with Crippen LogP contribution >= 0.6 is 0 Å². The summed E-state index contributed by atoms with van der Waals surface area (Å²) in [6.45, 7) is 8.60. The number of aromatic nitrogens is 3. The lowest BCUT2D eigenvalue weighted by Gasteiger charge is -2.25. The van der Waals surface area contributed by atoms with Gasteiger partial charge in [0.2, 0.25) is 0 Å². The van der Waals surface area contributed by atoms with Crippen molar-refractivity contribution in [2.24, 2.45) is 7.05 Å². The molecule has 1 aliphatic rings. The average molecular weight is 356 g/mol. The van der Waals surface area contributed by atoms with Crippen LogP contribution in [0.3, 0.4) is 0 Å². The van der Waals surface area contributed by atoms with E-state index in [9.17, 15) is 9.59 Å². The fourth-order valence-electron chi connectivity index (χ4n) is 3.41. The summed E-state index contributed by atoms with van der Waals surface area (Å²) in [4.78, 5) is 26.5. The number of rotatable bonds is 4. The van der Waals surface area contributed by atoms with Crippen molar-refractivity contribution in [1.82, 2.24) is 19.2 Å². The number of pyridine rings is 1. The maximum absolute atomic E-state index is 12.3. The van der Waals surface area contributed by atoms with Crippen molar-refractivity contribution in [3.63, 3.8) is 0 Å². The minimum Gasteiger partial charge on any atom is -0.319 e. The van der Waals surface area contributed by atoms with Gasteiger partial charge in [-0.15, -0.1) is 0 Å². The van der Waals surface area contributed by atoms with Gasteiger partial charge in [-0.2, -0.15) is 5.10 Å². The number of likely N-dealkylation sites (tertiary alicyclic amines) is 1. The quantitative estimate of drug-likeness (QED) is 0.840. The standard InChI is InChI=1S/C20H28N4O2/c1-20(2,3)17-7-8-18(25)24(21-17)14-16-6-5-10-23(16)13-15-9-11-22(4)19(26)12-15/h7-9,11-12,16H,5-6,10,13-14H2,1-4H3. The summed E-state index contributed by atoms with van der Waals surface area (Å²) >= 11 is 0. The Bertz CT molecular complexity index is 892. The van der Waals surface area contributed by atoms with Crippen LogP contribution in [0.15, 0.2) is 40.1 Å². The molecule has 1 saturated heterocycles. The zero-order valence-electron chi connectivity index (χ0n) is 16.1. The van der Waals surface area contributed by atoms with E-state index in [1.165, 1.54) is 0 Å². The molecular formula is C20H28N4O2. The van der Waals surface area contributed by atoms with Gasteiger partial charge in [0, 0.05) is 43.4 Å². The third-order valence-corrected chi connectivity index (χ3v) is 5.07. The Morgan fingerprint density at radius 1 is 1.15 bits per heavy atom. The lowest BCUT2D eigenvalue weighted by Crippen LogP contribution is -2.37. The Morgan fingerprint density at radius 3 is 2.62 bits per heavy atom. The summed E-state index contributed by atoms with van der Waals surface area (Å²) in [5, 5.41) is 4.60. The molecule has 0 spiro atoms. The van der Waals surface area contributed by atoms with Crippen LogP contribution in [0.25, 0.3) is 0 Å². The molecule has 3 heterocycles. The van der Waals surface area contributed by atoms with Crippen molar-refractivity contribution in [3.05, 3.63) is 62.4 Å². The molecule has 2 aromatic heterocycles. The predicted octanol–water partition coefficient (Wildman–Crippen LogP) is 1.90. The van der Waals surface area contributed by atoms with E-state index in [4.69, 9.17) is 0 Å². The van der Waals surface area contributed by atoms with E-state index in [2.05, 4.69) is 30.8 Å². The van der Waals surface area contributed by atoms with Gasteiger partial charge in [0.05, 0.1) is 12.2 Å².